The number of hydrogen-bond acceptors (Lipinski definition) is 4. The zero-order chi connectivity index (χ0) is 17.1. The van der Waals surface area contributed by atoms with E-state index in [1.165, 1.54) is 12.8 Å². The molecule has 1 fully saturated rings. The Bertz CT molecular complexity index is 699. The number of hydrogen-bond donors (Lipinski definition) is 1. The molecule has 1 saturated heterocycles. The van der Waals surface area contributed by atoms with Crippen molar-refractivity contribution in [3.8, 4) is 5.75 Å². The quantitative estimate of drug-likeness (QED) is 0.885. The van der Waals surface area contributed by atoms with Crippen molar-refractivity contribution in [2.45, 2.75) is 31.8 Å². The molecule has 4 nitrogen and oxygen atoms in total. The van der Waals surface area contributed by atoms with E-state index in [1.807, 2.05) is 18.2 Å². The number of aliphatic hydroxyl groups excluding tert-OH is 1. The van der Waals surface area contributed by atoms with Crippen LogP contribution in [0.25, 0.3) is 10.9 Å². The van der Waals surface area contributed by atoms with Gasteiger partial charge in [-0.2, -0.15) is 0 Å². The number of benzene rings is 1. The highest BCUT2D eigenvalue weighted by Crippen LogP contribution is 2.35. The van der Waals surface area contributed by atoms with E-state index in [9.17, 15) is 5.11 Å². The maximum atomic E-state index is 10.8. The van der Waals surface area contributed by atoms with Crippen LogP contribution in [0.2, 0.25) is 5.02 Å². The van der Waals surface area contributed by atoms with Crippen LogP contribution < -0.4 is 4.74 Å². The number of aromatic nitrogens is 1. The molecule has 1 aliphatic heterocycles. The van der Waals surface area contributed by atoms with Crippen LogP contribution in [0.5, 0.6) is 5.75 Å². The van der Waals surface area contributed by atoms with Crippen molar-refractivity contribution < 1.29 is 9.84 Å². The van der Waals surface area contributed by atoms with Crippen molar-refractivity contribution in [1.29, 1.82) is 0 Å². The van der Waals surface area contributed by atoms with Gasteiger partial charge in [0, 0.05) is 17.1 Å². The van der Waals surface area contributed by atoms with E-state index in [0.717, 1.165) is 48.1 Å². The van der Waals surface area contributed by atoms with Gasteiger partial charge in [-0.25, -0.2) is 0 Å². The summed E-state index contributed by atoms with van der Waals surface area (Å²) < 4.78 is 5.30. The first-order valence-corrected chi connectivity index (χ1v) is 8.95. The van der Waals surface area contributed by atoms with Crippen molar-refractivity contribution in [3.63, 3.8) is 0 Å². The lowest BCUT2D eigenvalue weighted by Crippen LogP contribution is -2.30. The second-order valence-corrected chi connectivity index (χ2v) is 7.15. The maximum absolute atomic E-state index is 10.8. The fourth-order valence-electron chi connectivity index (χ4n) is 3.52. The second kappa shape index (κ2) is 7.68. The van der Waals surface area contributed by atoms with Gasteiger partial charge >= 0.3 is 0 Å². The first kappa shape index (κ1) is 17.5. The lowest BCUT2D eigenvalue weighted by Gasteiger charge is -2.29. The lowest BCUT2D eigenvalue weighted by atomic mass is 9.89. The molecule has 0 bridgehead atoms. The van der Waals surface area contributed by atoms with E-state index in [4.69, 9.17) is 16.3 Å². The Morgan fingerprint density at radius 3 is 2.83 bits per heavy atom. The normalized spacial score (nSPS) is 18.0. The van der Waals surface area contributed by atoms with Crippen molar-refractivity contribution in [2.24, 2.45) is 5.92 Å². The molecule has 5 heteroatoms. The van der Waals surface area contributed by atoms with E-state index >= 15 is 0 Å². The average molecular weight is 349 g/mol. The van der Waals surface area contributed by atoms with Gasteiger partial charge in [0.05, 0.1) is 23.8 Å². The number of nitrogens with zero attached hydrogens (tertiary/aromatic N) is 2. The summed E-state index contributed by atoms with van der Waals surface area (Å²) in [7, 11) is 3.80. The van der Waals surface area contributed by atoms with Crippen LogP contribution in [0.4, 0.5) is 0 Å². The van der Waals surface area contributed by atoms with Gasteiger partial charge in [0.2, 0.25) is 0 Å². The maximum Gasteiger partial charge on any atom is 0.119 e. The third-order valence-corrected chi connectivity index (χ3v) is 5.39. The molecule has 0 spiro atoms. The zero-order valence-electron chi connectivity index (χ0n) is 14.3. The van der Waals surface area contributed by atoms with E-state index in [-0.39, 0.29) is 0 Å². The number of rotatable bonds is 5. The smallest absolute Gasteiger partial charge is 0.119 e. The highest BCUT2D eigenvalue weighted by molar-refractivity contribution is 6.32. The van der Waals surface area contributed by atoms with Gasteiger partial charge in [0.1, 0.15) is 5.75 Å². The molecular weight excluding hydrogens is 324 g/mol. The summed E-state index contributed by atoms with van der Waals surface area (Å²) in [5.41, 5.74) is 1.60. The summed E-state index contributed by atoms with van der Waals surface area (Å²) in [6.45, 7) is 2.30. The molecule has 3 rings (SSSR count). The van der Waals surface area contributed by atoms with Gasteiger partial charge in [-0.3, -0.25) is 4.98 Å². The fourth-order valence-corrected chi connectivity index (χ4v) is 3.80. The van der Waals surface area contributed by atoms with Gasteiger partial charge in [0.25, 0.3) is 0 Å². The van der Waals surface area contributed by atoms with Crippen LogP contribution in [0.1, 0.15) is 37.4 Å². The SMILES string of the molecule is COc1ccc2ncc(Cl)c(C(O)CCC3CCN(C)CC3)c2c1. The van der Waals surface area contributed by atoms with E-state index in [0.29, 0.717) is 10.9 Å². The summed E-state index contributed by atoms with van der Waals surface area (Å²) in [6, 6.07) is 5.68. The molecule has 1 aliphatic rings. The van der Waals surface area contributed by atoms with Crippen LogP contribution in [0, 0.1) is 5.92 Å². The summed E-state index contributed by atoms with van der Waals surface area (Å²) in [6.07, 6.45) is 5.23. The van der Waals surface area contributed by atoms with Crippen molar-refractivity contribution >= 4 is 22.5 Å². The Balaban J connectivity index is 1.78. The molecule has 2 aromatic rings. The van der Waals surface area contributed by atoms with Crippen molar-refractivity contribution in [3.05, 3.63) is 35.0 Å². The molecule has 0 radical (unpaired) electrons. The number of pyridine rings is 1. The third kappa shape index (κ3) is 3.82. The first-order valence-electron chi connectivity index (χ1n) is 8.57. The Hall–Kier alpha value is -1.36. The van der Waals surface area contributed by atoms with E-state index < -0.39 is 6.10 Å². The number of piperidine rings is 1. The van der Waals surface area contributed by atoms with Crippen molar-refractivity contribution in [2.75, 3.05) is 27.2 Å². The van der Waals surface area contributed by atoms with Crippen LogP contribution in [-0.2, 0) is 0 Å². The summed E-state index contributed by atoms with van der Waals surface area (Å²) in [5.74, 6) is 1.44. The molecule has 0 aliphatic carbocycles. The Morgan fingerprint density at radius 1 is 1.38 bits per heavy atom. The molecule has 1 unspecified atom stereocenters. The number of fused-ring (bicyclic) bond motifs is 1. The average Bonchev–Trinajstić information content (AvgIpc) is 2.60. The number of methoxy groups -OCH3 is 1. The largest absolute Gasteiger partial charge is 0.497 e. The van der Waals surface area contributed by atoms with Gasteiger partial charge in [-0.05, 0) is 69.9 Å². The van der Waals surface area contributed by atoms with Crippen LogP contribution in [0.3, 0.4) is 0 Å². The number of aliphatic hydroxyl groups is 1. The monoisotopic (exact) mass is 348 g/mol. The molecule has 130 valence electrons. The lowest BCUT2D eigenvalue weighted by molar-refractivity contribution is 0.142. The molecule has 1 atom stereocenters. The molecule has 1 N–H and O–H groups in total. The van der Waals surface area contributed by atoms with Crippen molar-refractivity contribution in [1.82, 2.24) is 9.88 Å². The molecule has 0 amide bonds. The molecular formula is C19H25ClN2O2. The molecule has 1 aromatic carbocycles. The molecule has 2 heterocycles. The number of halogens is 1. The predicted molar refractivity (Wildman–Crippen MR) is 97.7 cm³/mol. The molecule has 0 saturated carbocycles. The third-order valence-electron chi connectivity index (χ3n) is 5.09. The van der Waals surface area contributed by atoms with Gasteiger partial charge in [-0.1, -0.05) is 11.6 Å². The second-order valence-electron chi connectivity index (χ2n) is 6.74. The minimum Gasteiger partial charge on any atom is -0.497 e. The number of ether oxygens (including phenoxy) is 1. The minimum atomic E-state index is -0.574. The van der Waals surface area contributed by atoms with Crippen LogP contribution >= 0.6 is 11.6 Å². The van der Waals surface area contributed by atoms with Crippen LogP contribution in [0.15, 0.2) is 24.4 Å². The summed E-state index contributed by atoms with van der Waals surface area (Å²) in [4.78, 5) is 6.72. The zero-order valence-corrected chi connectivity index (χ0v) is 15.1. The number of likely N-dealkylation sites (tertiary alicyclic amines) is 1. The molecule has 24 heavy (non-hydrogen) atoms. The van der Waals surface area contributed by atoms with Gasteiger partial charge in [-0.15, -0.1) is 0 Å². The van der Waals surface area contributed by atoms with Gasteiger partial charge < -0.3 is 14.7 Å². The fraction of sp³-hybridized carbons (Fsp3) is 0.526. The van der Waals surface area contributed by atoms with Gasteiger partial charge in [0.15, 0.2) is 0 Å². The Morgan fingerprint density at radius 2 is 2.12 bits per heavy atom. The van der Waals surface area contributed by atoms with E-state index in [1.54, 1.807) is 13.3 Å². The standard InChI is InChI=1S/C19H25ClN2O2/c1-22-9-7-13(8-10-22)3-6-18(23)19-15-11-14(24-2)4-5-17(15)21-12-16(19)20/h4-5,11-13,18,23H,3,6-10H2,1-2H3. The summed E-state index contributed by atoms with van der Waals surface area (Å²) in [5, 5.41) is 12.2. The minimum absolute atomic E-state index is 0.520. The van der Waals surface area contributed by atoms with E-state index in [2.05, 4.69) is 16.9 Å². The first-order chi connectivity index (χ1) is 11.6. The highest BCUT2D eigenvalue weighted by atomic mass is 35.5. The topological polar surface area (TPSA) is 45.6 Å². The van der Waals surface area contributed by atoms with Crippen LogP contribution in [-0.4, -0.2) is 42.2 Å². The highest BCUT2D eigenvalue weighted by Gasteiger charge is 2.21. The predicted octanol–water partition coefficient (Wildman–Crippen LogP) is 4.05. The molecule has 1 aromatic heterocycles. The Labute approximate surface area is 148 Å². The Kier molecular flexibility index (Phi) is 5.59. The summed E-state index contributed by atoms with van der Waals surface area (Å²) >= 11 is 6.36.